The number of nitrogens with one attached hydrogen (secondary N) is 1. The number of methoxy groups -OCH3 is 1. The van der Waals surface area contributed by atoms with E-state index in [0.717, 1.165) is 15.7 Å². The molecule has 0 spiro atoms. The van der Waals surface area contributed by atoms with E-state index in [2.05, 4.69) is 21.2 Å². The molecule has 0 aromatic heterocycles. The number of rotatable bonds is 8. The van der Waals surface area contributed by atoms with Gasteiger partial charge in [0.25, 0.3) is 0 Å². The van der Waals surface area contributed by atoms with Crippen LogP contribution in [0.1, 0.15) is 36.7 Å². The van der Waals surface area contributed by atoms with Gasteiger partial charge < -0.3 is 19.5 Å². The van der Waals surface area contributed by atoms with Crippen molar-refractivity contribution in [1.29, 1.82) is 0 Å². The van der Waals surface area contributed by atoms with Crippen molar-refractivity contribution in [3.8, 4) is 11.5 Å². The lowest BCUT2D eigenvalue weighted by Crippen LogP contribution is -2.08. The molecule has 2 rings (SSSR count). The molecule has 0 amide bonds. The highest BCUT2D eigenvalue weighted by Crippen LogP contribution is 2.34. The molecule has 0 saturated heterocycles. The number of benzene rings is 2. The average molecular weight is 422 g/mol. The molecule has 0 aliphatic carbocycles. The summed E-state index contributed by atoms with van der Waals surface area (Å²) >= 11 is 3.59. The summed E-state index contributed by atoms with van der Waals surface area (Å²) in [6.07, 6.45) is 0.0673. The highest BCUT2D eigenvalue weighted by atomic mass is 79.9. The van der Waals surface area contributed by atoms with Gasteiger partial charge in [0.1, 0.15) is 0 Å². The third kappa shape index (κ3) is 5.39. The molecule has 5 nitrogen and oxygen atoms in total. The molecule has 0 atom stereocenters. The monoisotopic (exact) mass is 421 g/mol. The van der Waals surface area contributed by atoms with Gasteiger partial charge in [0.15, 0.2) is 11.5 Å². The summed E-state index contributed by atoms with van der Waals surface area (Å²) in [6.45, 7) is 6.70. The Hall–Kier alpha value is -2.21. The highest BCUT2D eigenvalue weighted by molar-refractivity contribution is 9.10. The fraction of sp³-hybridized carbons (Fsp3) is 0.350. The summed E-state index contributed by atoms with van der Waals surface area (Å²) in [5.41, 5.74) is 2.48. The molecular weight excluding hydrogens is 398 g/mol. The zero-order valence-corrected chi connectivity index (χ0v) is 17.1. The van der Waals surface area contributed by atoms with E-state index in [4.69, 9.17) is 14.2 Å². The number of ether oxygens (including phenoxy) is 3. The molecule has 140 valence electrons. The first-order chi connectivity index (χ1) is 12.4. The van der Waals surface area contributed by atoms with Gasteiger partial charge in [0, 0.05) is 16.7 Å². The van der Waals surface area contributed by atoms with E-state index < -0.39 is 0 Å². The molecule has 0 aliphatic heterocycles. The molecule has 0 radical (unpaired) electrons. The first kappa shape index (κ1) is 20.1. The van der Waals surface area contributed by atoms with E-state index >= 15 is 0 Å². The summed E-state index contributed by atoms with van der Waals surface area (Å²) in [5, 5.41) is 3.33. The van der Waals surface area contributed by atoms with Crippen molar-refractivity contribution in [1.82, 2.24) is 0 Å². The fourth-order valence-corrected chi connectivity index (χ4v) is 2.82. The molecule has 0 bridgehead atoms. The Labute approximate surface area is 162 Å². The van der Waals surface area contributed by atoms with Crippen LogP contribution in [0, 0.1) is 0 Å². The second-order valence-corrected chi connectivity index (χ2v) is 6.77. The van der Waals surface area contributed by atoms with Gasteiger partial charge in [-0.2, -0.15) is 0 Å². The van der Waals surface area contributed by atoms with Crippen LogP contribution in [0.3, 0.4) is 0 Å². The third-order valence-corrected chi connectivity index (χ3v) is 4.31. The van der Waals surface area contributed by atoms with Gasteiger partial charge in [-0.3, -0.25) is 0 Å². The standard InChI is InChI=1S/C20H24BrNO4/c1-5-25-20(23)14-6-8-16(9-7-14)22-12-15-10-18(24-4)19(11-17(15)21)26-13(2)3/h6-11,13,22H,5,12H2,1-4H3. The molecule has 0 fully saturated rings. The topological polar surface area (TPSA) is 56.8 Å². The van der Waals surface area contributed by atoms with E-state index in [1.807, 2.05) is 38.1 Å². The average Bonchev–Trinajstić information content (AvgIpc) is 2.61. The Morgan fingerprint density at radius 3 is 2.42 bits per heavy atom. The maximum atomic E-state index is 11.7. The molecule has 2 aromatic rings. The third-order valence-electron chi connectivity index (χ3n) is 3.57. The number of carbonyl (C=O) groups excluding carboxylic acids is 1. The highest BCUT2D eigenvalue weighted by Gasteiger charge is 2.12. The zero-order chi connectivity index (χ0) is 19.1. The van der Waals surface area contributed by atoms with Gasteiger partial charge >= 0.3 is 5.97 Å². The van der Waals surface area contributed by atoms with Crippen molar-refractivity contribution in [2.24, 2.45) is 0 Å². The van der Waals surface area contributed by atoms with Crippen molar-refractivity contribution in [2.75, 3.05) is 19.0 Å². The van der Waals surface area contributed by atoms with E-state index in [9.17, 15) is 4.79 Å². The minimum absolute atomic E-state index is 0.0673. The van der Waals surface area contributed by atoms with E-state index in [-0.39, 0.29) is 12.1 Å². The van der Waals surface area contributed by atoms with Crippen LogP contribution in [0.2, 0.25) is 0 Å². The molecule has 0 saturated carbocycles. The predicted molar refractivity (Wildman–Crippen MR) is 106 cm³/mol. The fourth-order valence-electron chi connectivity index (χ4n) is 2.35. The Morgan fingerprint density at radius 2 is 1.85 bits per heavy atom. The molecule has 0 heterocycles. The number of carbonyl (C=O) groups is 1. The lowest BCUT2D eigenvalue weighted by Gasteiger charge is -2.16. The molecule has 1 N–H and O–H groups in total. The number of anilines is 1. The quantitative estimate of drug-likeness (QED) is 0.605. The largest absolute Gasteiger partial charge is 0.493 e. The van der Waals surface area contributed by atoms with Crippen LogP contribution >= 0.6 is 15.9 Å². The number of esters is 1. The van der Waals surface area contributed by atoms with Crippen LogP contribution in [0.4, 0.5) is 5.69 Å². The van der Waals surface area contributed by atoms with E-state index in [0.29, 0.717) is 30.2 Å². The summed E-state index contributed by atoms with van der Waals surface area (Å²) in [6, 6.07) is 11.1. The van der Waals surface area contributed by atoms with Crippen LogP contribution in [0.25, 0.3) is 0 Å². The number of halogens is 1. The van der Waals surface area contributed by atoms with Crippen molar-refractivity contribution in [3.05, 3.63) is 52.0 Å². The van der Waals surface area contributed by atoms with Crippen LogP contribution in [0.5, 0.6) is 11.5 Å². The van der Waals surface area contributed by atoms with Gasteiger partial charge in [0.05, 0.1) is 25.4 Å². The number of hydrogen-bond acceptors (Lipinski definition) is 5. The molecule has 0 unspecified atom stereocenters. The van der Waals surface area contributed by atoms with Gasteiger partial charge in [-0.15, -0.1) is 0 Å². The SMILES string of the molecule is CCOC(=O)c1ccc(NCc2cc(OC)c(OC(C)C)cc2Br)cc1. The molecular formula is C20H24BrNO4. The van der Waals surface area contributed by atoms with E-state index in [1.165, 1.54) is 0 Å². The van der Waals surface area contributed by atoms with Gasteiger partial charge in [-0.1, -0.05) is 15.9 Å². The number of hydrogen-bond donors (Lipinski definition) is 1. The van der Waals surface area contributed by atoms with Gasteiger partial charge in [-0.25, -0.2) is 4.79 Å². The van der Waals surface area contributed by atoms with Crippen LogP contribution in [-0.4, -0.2) is 25.8 Å². The Bertz CT molecular complexity index is 744. The van der Waals surface area contributed by atoms with Gasteiger partial charge in [-0.05, 0) is 62.7 Å². The van der Waals surface area contributed by atoms with E-state index in [1.54, 1.807) is 26.2 Å². The Balaban J connectivity index is 2.08. The lowest BCUT2D eigenvalue weighted by atomic mass is 10.1. The smallest absolute Gasteiger partial charge is 0.338 e. The lowest BCUT2D eigenvalue weighted by molar-refractivity contribution is 0.0526. The second kappa shape index (κ2) is 9.48. The summed E-state index contributed by atoms with van der Waals surface area (Å²) in [7, 11) is 1.63. The maximum absolute atomic E-state index is 11.7. The predicted octanol–water partition coefficient (Wildman–Crippen LogP) is 5.03. The maximum Gasteiger partial charge on any atom is 0.338 e. The van der Waals surface area contributed by atoms with Crippen molar-refractivity contribution in [2.45, 2.75) is 33.4 Å². The molecule has 2 aromatic carbocycles. The Morgan fingerprint density at radius 1 is 1.15 bits per heavy atom. The van der Waals surface area contributed by atoms with Crippen LogP contribution in [-0.2, 0) is 11.3 Å². The molecule has 6 heteroatoms. The summed E-state index contributed by atoms with van der Waals surface area (Å²) < 4.78 is 17.1. The summed E-state index contributed by atoms with van der Waals surface area (Å²) in [4.78, 5) is 11.7. The van der Waals surface area contributed by atoms with Crippen molar-refractivity contribution in [3.63, 3.8) is 0 Å². The van der Waals surface area contributed by atoms with Gasteiger partial charge in [0.2, 0.25) is 0 Å². The first-order valence-electron chi connectivity index (χ1n) is 8.48. The van der Waals surface area contributed by atoms with Crippen LogP contribution < -0.4 is 14.8 Å². The molecule has 26 heavy (non-hydrogen) atoms. The Kier molecular flexibility index (Phi) is 7.33. The second-order valence-electron chi connectivity index (χ2n) is 5.91. The molecule has 0 aliphatic rings. The first-order valence-corrected chi connectivity index (χ1v) is 9.28. The van der Waals surface area contributed by atoms with Crippen molar-refractivity contribution < 1.29 is 19.0 Å². The minimum Gasteiger partial charge on any atom is -0.493 e. The zero-order valence-electron chi connectivity index (χ0n) is 15.5. The van der Waals surface area contributed by atoms with Crippen LogP contribution in [0.15, 0.2) is 40.9 Å². The van der Waals surface area contributed by atoms with Crippen molar-refractivity contribution >= 4 is 27.6 Å². The normalized spacial score (nSPS) is 10.5. The summed E-state index contributed by atoms with van der Waals surface area (Å²) in [5.74, 6) is 1.08. The minimum atomic E-state index is -0.313.